The van der Waals surface area contributed by atoms with Crippen molar-refractivity contribution in [2.75, 3.05) is 7.05 Å². The van der Waals surface area contributed by atoms with E-state index in [-0.39, 0.29) is 6.04 Å². The lowest BCUT2D eigenvalue weighted by Gasteiger charge is -2.25. The summed E-state index contributed by atoms with van der Waals surface area (Å²) in [5.74, 6) is 0.363. The minimum absolute atomic E-state index is 0.0338. The van der Waals surface area contributed by atoms with Gasteiger partial charge in [0, 0.05) is 17.1 Å². The van der Waals surface area contributed by atoms with E-state index in [1.165, 1.54) is 6.20 Å². The maximum Gasteiger partial charge on any atom is 0.443 e. The van der Waals surface area contributed by atoms with Gasteiger partial charge in [0.2, 0.25) is 0 Å². The highest BCUT2D eigenvalue weighted by Gasteiger charge is 2.35. The van der Waals surface area contributed by atoms with Crippen molar-refractivity contribution >= 4 is 11.3 Å². The van der Waals surface area contributed by atoms with Crippen molar-refractivity contribution in [2.24, 2.45) is 5.92 Å². The lowest BCUT2D eigenvalue weighted by molar-refractivity contribution is -0.137. The third-order valence-corrected chi connectivity index (χ3v) is 4.30. The van der Waals surface area contributed by atoms with Crippen LogP contribution in [0.2, 0.25) is 0 Å². The molecule has 0 radical (unpaired) electrons. The Morgan fingerprint density at radius 2 is 1.84 bits per heavy atom. The van der Waals surface area contributed by atoms with Gasteiger partial charge < -0.3 is 5.32 Å². The van der Waals surface area contributed by atoms with Gasteiger partial charge in [0.05, 0.1) is 0 Å². The van der Waals surface area contributed by atoms with E-state index >= 15 is 0 Å². The molecule has 0 fully saturated rings. The Labute approximate surface area is 116 Å². The molecule has 0 spiro atoms. The van der Waals surface area contributed by atoms with Gasteiger partial charge in [-0.1, -0.05) is 26.7 Å². The molecule has 1 aromatic heterocycles. The van der Waals surface area contributed by atoms with Gasteiger partial charge in [-0.25, -0.2) is 4.98 Å². The minimum atomic E-state index is -4.34. The molecule has 110 valence electrons. The zero-order chi connectivity index (χ0) is 14.5. The first-order valence-corrected chi connectivity index (χ1v) is 7.45. The number of nitrogens with zero attached hydrogens (tertiary/aromatic N) is 1. The molecule has 1 unspecified atom stereocenters. The van der Waals surface area contributed by atoms with E-state index < -0.39 is 11.2 Å². The molecule has 1 N–H and O–H groups in total. The third kappa shape index (κ3) is 4.45. The van der Waals surface area contributed by atoms with Crippen LogP contribution in [0, 0.1) is 5.92 Å². The molecule has 0 saturated heterocycles. The molecule has 1 heterocycles. The first-order chi connectivity index (χ1) is 8.93. The molecule has 6 heteroatoms. The Hall–Kier alpha value is -0.620. The summed E-state index contributed by atoms with van der Waals surface area (Å²) in [5.41, 5.74) is 0. The predicted molar refractivity (Wildman–Crippen MR) is 72.2 cm³/mol. The first-order valence-electron chi connectivity index (χ1n) is 6.64. The zero-order valence-corrected chi connectivity index (χ0v) is 12.4. The average Bonchev–Trinajstić information content (AvgIpc) is 2.80. The van der Waals surface area contributed by atoms with Gasteiger partial charge in [-0.2, -0.15) is 13.2 Å². The highest BCUT2D eigenvalue weighted by molar-refractivity contribution is 7.11. The van der Waals surface area contributed by atoms with Crippen LogP contribution in [-0.2, 0) is 6.18 Å². The van der Waals surface area contributed by atoms with E-state index in [1.54, 1.807) is 7.05 Å². The molecule has 1 atom stereocenters. The summed E-state index contributed by atoms with van der Waals surface area (Å²) in [4.78, 5) is 4.19. The fourth-order valence-electron chi connectivity index (χ4n) is 2.39. The van der Waals surface area contributed by atoms with Gasteiger partial charge in [0.15, 0.2) is 5.01 Å². The number of rotatable bonds is 7. The second-order valence-corrected chi connectivity index (χ2v) is 5.73. The number of alkyl halides is 3. The van der Waals surface area contributed by atoms with Gasteiger partial charge in [0.1, 0.15) is 0 Å². The molecule has 0 aromatic carbocycles. The van der Waals surface area contributed by atoms with Crippen LogP contribution < -0.4 is 5.32 Å². The lowest BCUT2D eigenvalue weighted by atomic mass is 9.90. The molecule has 0 bridgehead atoms. The molecule has 0 aliphatic heterocycles. The maximum absolute atomic E-state index is 12.6. The summed E-state index contributed by atoms with van der Waals surface area (Å²) in [6, 6.07) is -0.0338. The molecule has 0 aliphatic rings. The van der Waals surface area contributed by atoms with Crippen molar-refractivity contribution in [3.63, 3.8) is 0 Å². The van der Waals surface area contributed by atoms with Crippen LogP contribution in [0.3, 0.4) is 0 Å². The first kappa shape index (κ1) is 16.4. The average molecular weight is 294 g/mol. The molecule has 19 heavy (non-hydrogen) atoms. The zero-order valence-electron chi connectivity index (χ0n) is 11.5. The fraction of sp³-hybridized carbons (Fsp3) is 0.769. The van der Waals surface area contributed by atoms with E-state index in [9.17, 15) is 13.2 Å². The van der Waals surface area contributed by atoms with Crippen molar-refractivity contribution in [3.8, 4) is 0 Å². The van der Waals surface area contributed by atoms with E-state index in [2.05, 4.69) is 24.1 Å². The number of thiazole rings is 1. The molecular formula is C13H21F3N2S. The smallest absolute Gasteiger partial charge is 0.312 e. The second-order valence-electron chi connectivity index (χ2n) is 4.67. The molecule has 1 aromatic rings. The van der Waals surface area contributed by atoms with Crippen molar-refractivity contribution in [1.82, 2.24) is 10.3 Å². The number of hydrogen-bond donors (Lipinski definition) is 1. The number of hydrogen-bond acceptors (Lipinski definition) is 3. The third-order valence-electron chi connectivity index (χ3n) is 3.17. The Morgan fingerprint density at radius 3 is 2.21 bits per heavy atom. The molecule has 1 rings (SSSR count). The molecule has 0 saturated carbocycles. The van der Waals surface area contributed by atoms with Crippen LogP contribution in [-0.4, -0.2) is 12.0 Å². The van der Waals surface area contributed by atoms with Crippen LogP contribution in [0.4, 0.5) is 13.2 Å². The maximum atomic E-state index is 12.6. The number of nitrogens with one attached hydrogen (secondary N) is 1. The predicted octanol–water partition coefficient (Wildman–Crippen LogP) is 4.64. The number of halogens is 3. The van der Waals surface area contributed by atoms with Crippen molar-refractivity contribution < 1.29 is 13.2 Å². The van der Waals surface area contributed by atoms with Crippen molar-refractivity contribution in [3.05, 3.63) is 16.1 Å². The van der Waals surface area contributed by atoms with Crippen LogP contribution in [0.1, 0.15) is 55.5 Å². The Balaban J connectivity index is 2.91. The standard InChI is InChI=1S/C13H21F3N2S/c1-4-6-9(7-5-2)11(17-3)10-8-18-12(19-10)13(14,15)16/h8-9,11,17H,4-7H2,1-3H3. The largest absolute Gasteiger partial charge is 0.443 e. The van der Waals surface area contributed by atoms with Crippen LogP contribution >= 0.6 is 11.3 Å². The van der Waals surface area contributed by atoms with Crippen molar-refractivity contribution in [2.45, 2.75) is 51.7 Å². The van der Waals surface area contributed by atoms with Gasteiger partial charge >= 0.3 is 6.18 Å². The quantitative estimate of drug-likeness (QED) is 0.792. The normalized spacial score (nSPS) is 14.1. The SMILES string of the molecule is CCCC(CCC)C(NC)c1cnc(C(F)(F)F)s1. The topological polar surface area (TPSA) is 24.9 Å². The van der Waals surface area contributed by atoms with Crippen LogP contribution in [0.15, 0.2) is 6.20 Å². The van der Waals surface area contributed by atoms with Gasteiger partial charge in [-0.3, -0.25) is 0 Å². The lowest BCUT2D eigenvalue weighted by Crippen LogP contribution is -2.24. The summed E-state index contributed by atoms with van der Waals surface area (Å²) < 4.78 is 37.8. The van der Waals surface area contributed by atoms with E-state index in [0.717, 1.165) is 37.0 Å². The molecule has 2 nitrogen and oxygen atoms in total. The Kier molecular flexibility index (Phi) is 6.26. The molecular weight excluding hydrogens is 273 g/mol. The van der Waals surface area contributed by atoms with Gasteiger partial charge in [-0.15, -0.1) is 11.3 Å². The Bertz CT molecular complexity index is 370. The summed E-state index contributed by atoms with van der Waals surface area (Å²) in [5, 5.41) is 2.40. The second kappa shape index (κ2) is 7.24. The monoisotopic (exact) mass is 294 g/mol. The number of aromatic nitrogens is 1. The fourth-order valence-corrected chi connectivity index (χ4v) is 3.38. The molecule has 0 amide bonds. The minimum Gasteiger partial charge on any atom is -0.312 e. The van der Waals surface area contributed by atoms with Crippen LogP contribution in [0.5, 0.6) is 0 Å². The van der Waals surface area contributed by atoms with E-state index in [0.29, 0.717) is 10.8 Å². The summed E-state index contributed by atoms with van der Waals surface area (Å²) >= 11 is 0.754. The molecule has 0 aliphatic carbocycles. The van der Waals surface area contributed by atoms with Crippen LogP contribution in [0.25, 0.3) is 0 Å². The van der Waals surface area contributed by atoms with E-state index in [1.807, 2.05) is 0 Å². The van der Waals surface area contributed by atoms with Crippen molar-refractivity contribution in [1.29, 1.82) is 0 Å². The Morgan fingerprint density at radius 1 is 1.26 bits per heavy atom. The highest BCUT2D eigenvalue weighted by Crippen LogP contribution is 2.37. The summed E-state index contributed by atoms with van der Waals surface area (Å²) in [6.07, 6.45) is 1.12. The van der Waals surface area contributed by atoms with Gasteiger partial charge in [0.25, 0.3) is 0 Å². The summed E-state index contributed by atoms with van der Waals surface area (Å²) in [7, 11) is 1.80. The highest BCUT2D eigenvalue weighted by atomic mass is 32.1. The van der Waals surface area contributed by atoms with Gasteiger partial charge in [-0.05, 0) is 25.8 Å². The van der Waals surface area contributed by atoms with E-state index in [4.69, 9.17) is 0 Å². The summed E-state index contributed by atoms with van der Waals surface area (Å²) in [6.45, 7) is 4.20.